The topological polar surface area (TPSA) is 374 Å². The fourth-order valence-electron chi connectivity index (χ4n) is 11.8. The van der Waals surface area contributed by atoms with E-state index in [0.29, 0.717) is 50.5 Å². The van der Waals surface area contributed by atoms with E-state index in [-0.39, 0.29) is 17.8 Å². The highest BCUT2D eigenvalue weighted by Crippen LogP contribution is 2.65. The Balaban J connectivity index is 1.16. The van der Waals surface area contributed by atoms with E-state index in [2.05, 4.69) is 13.5 Å². The number of carbonyl (C=O) groups excluding carboxylic acids is 1. The average Bonchev–Trinajstić information content (AvgIpc) is 3.28. The van der Waals surface area contributed by atoms with Crippen LogP contribution in [0.4, 0.5) is 0 Å². The lowest BCUT2D eigenvalue weighted by molar-refractivity contribution is -0.395. The van der Waals surface area contributed by atoms with Crippen molar-refractivity contribution in [3.8, 4) is 0 Å². The van der Waals surface area contributed by atoms with Crippen molar-refractivity contribution in [2.75, 3.05) is 26.4 Å². The quantitative estimate of drug-likeness (QED) is 0.0493. The van der Waals surface area contributed by atoms with Gasteiger partial charge in [-0.1, -0.05) is 19.9 Å². The Hall–Kier alpha value is -1.63. The molecular weight excluding hydrogens is 872 g/mol. The van der Waals surface area contributed by atoms with Crippen molar-refractivity contribution in [2.45, 2.75) is 188 Å². The molecule has 7 aliphatic rings. The molecular formula is C42H68O23. The van der Waals surface area contributed by atoms with Gasteiger partial charge in [-0.15, -0.1) is 0 Å². The molecule has 4 aliphatic heterocycles. The molecule has 0 aromatic rings. The zero-order valence-corrected chi connectivity index (χ0v) is 36.3. The van der Waals surface area contributed by atoms with Gasteiger partial charge in [0.15, 0.2) is 18.9 Å². The van der Waals surface area contributed by atoms with Crippen molar-refractivity contribution < 1.29 is 114 Å². The minimum atomic E-state index is -1.97. The summed E-state index contributed by atoms with van der Waals surface area (Å²) < 4.78 is 47.5. The number of aliphatic hydroxyl groups is 14. The van der Waals surface area contributed by atoms with Gasteiger partial charge in [0.25, 0.3) is 0 Å². The van der Waals surface area contributed by atoms with Gasteiger partial charge in [-0.3, -0.25) is 4.79 Å². The summed E-state index contributed by atoms with van der Waals surface area (Å²) in [7, 11) is 0. The van der Waals surface area contributed by atoms with Crippen molar-refractivity contribution in [2.24, 2.45) is 28.6 Å². The van der Waals surface area contributed by atoms with Crippen LogP contribution in [0.15, 0.2) is 12.2 Å². The predicted molar refractivity (Wildman–Crippen MR) is 212 cm³/mol. The number of ether oxygens (including phenoxy) is 8. The van der Waals surface area contributed by atoms with Crippen molar-refractivity contribution in [3.63, 3.8) is 0 Å². The zero-order valence-electron chi connectivity index (χ0n) is 36.3. The third kappa shape index (κ3) is 9.42. The number of rotatable bonds is 12. The molecule has 23 heteroatoms. The first-order chi connectivity index (χ1) is 30.7. The molecule has 4 saturated heterocycles. The summed E-state index contributed by atoms with van der Waals surface area (Å²) in [5.74, 6) is -0.972. The van der Waals surface area contributed by atoms with Gasteiger partial charge >= 0.3 is 5.97 Å². The summed E-state index contributed by atoms with van der Waals surface area (Å²) in [4.78, 5) is 14.2. The van der Waals surface area contributed by atoms with Gasteiger partial charge in [-0.2, -0.15) is 0 Å². The zero-order chi connectivity index (χ0) is 47.4. The highest BCUT2D eigenvalue weighted by molar-refractivity contribution is 5.77. The van der Waals surface area contributed by atoms with Gasteiger partial charge in [0, 0.05) is 0 Å². The van der Waals surface area contributed by atoms with E-state index in [4.69, 9.17) is 37.9 Å². The number of aliphatic hydroxyl groups excluding tert-OH is 14. The van der Waals surface area contributed by atoms with Crippen LogP contribution in [0, 0.1) is 28.6 Å². The number of hydrogen-bond donors (Lipinski definition) is 14. The maximum Gasteiger partial charge on any atom is 0.314 e. The third-order valence-electron chi connectivity index (χ3n) is 15.6. The second-order valence-corrected chi connectivity index (χ2v) is 19.4. The highest BCUT2D eigenvalue weighted by atomic mass is 16.8. The maximum atomic E-state index is 14.2. The number of hydrogen-bond acceptors (Lipinski definition) is 23. The molecule has 23 nitrogen and oxygen atoms in total. The number of esters is 1. The van der Waals surface area contributed by atoms with E-state index >= 15 is 0 Å². The molecule has 0 radical (unpaired) electrons. The molecule has 3 saturated carbocycles. The Morgan fingerprint density at radius 3 is 1.57 bits per heavy atom. The van der Waals surface area contributed by atoms with Crippen LogP contribution < -0.4 is 0 Å². The van der Waals surface area contributed by atoms with Crippen LogP contribution in [-0.4, -0.2) is 233 Å². The molecule has 7 fully saturated rings. The van der Waals surface area contributed by atoms with E-state index < -0.39 is 172 Å². The fourth-order valence-corrected chi connectivity index (χ4v) is 11.8. The molecule has 14 N–H and O–H groups in total. The van der Waals surface area contributed by atoms with Crippen LogP contribution in [0.25, 0.3) is 0 Å². The predicted octanol–water partition coefficient (Wildman–Crippen LogP) is -5.65. The molecule has 0 spiro atoms. The van der Waals surface area contributed by atoms with Gasteiger partial charge in [0.2, 0.25) is 6.29 Å². The van der Waals surface area contributed by atoms with Gasteiger partial charge in [0.05, 0.1) is 37.9 Å². The molecule has 374 valence electrons. The summed E-state index contributed by atoms with van der Waals surface area (Å²) in [5, 5.41) is 147. The molecule has 65 heavy (non-hydrogen) atoms. The lowest BCUT2D eigenvalue weighted by Gasteiger charge is -2.61. The van der Waals surface area contributed by atoms with Crippen molar-refractivity contribution in [1.82, 2.24) is 0 Å². The molecule has 3 aliphatic carbocycles. The summed E-state index contributed by atoms with van der Waals surface area (Å²) in [6, 6.07) is 0. The van der Waals surface area contributed by atoms with Gasteiger partial charge in [0.1, 0.15) is 97.7 Å². The first kappa shape index (κ1) is 51.2. The average molecular weight is 941 g/mol. The molecule has 4 heterocycles. The first-order valence-corrected chi connectivity index (χ1v) is 22.5. The molecule has 23 unspecified atom stereocenters. The molecule has 0 bridgehead atoms. The normalized spacial score (nSPS) is 52.9. The van der Waals surface area contributed by atoms with Crippen molar-refractivity contribution in [3.05, 3.63) is 12.2 Å². The van der Waals surface area contributed by atoms with Crippen LogP contribution >= 0.6 is 0 Å². The van der Waals surface area contributed by atoms with Crippen molar-refractivity contribution >= 4 is 5.97 Å². The summed E-state index contributed by atoms with van der Waals surface area (Å²) in [5.41, 5.74) is -0.981. The second kappa shape index (κ2) is 20.4. The van der Waals surface area contributed by atoms with Gasteiger partial charge < -0.3 is 109 Å². The van der Waals surface area contributed by atoms with E-state index in [9.17, 15) is 76.3 Å². The number of carbonyl (C=O) groups is 1. The molecule has 26 atom stereocenters. The first-order valence-electron chi connectivity index (χ1n) is 22.5. The SMILES string of the molecule is C=C1CC2CCC3[C@](C)(C(=O)OC4OC(CO)C(O)C(O)C4O)CCC[C@@]3(C)[C@@H]2CC1OC1OC(CO)C(O)C(OC2OC(CO)C(O)C(O)C2O)C1OC1OC(CO)C(O)C(O)C1O. The van der Waals surface area contributed by atoms with E-state index in [1.807, 2.05) is 0 Å². The standard InChI is InChI=1S/C42H68O23/c1-15-9-16-5-6-23-41(2,7-4-8-42(23,3)40(57)65-38-33(56)30(53)26(49)21(13-45)61-38)17(16)10-18(15)58-39-35(64-37-32(55)29(52)25(48)20(12-44)60-37)34(27(50)22(14-46)62-39)63-36-31(54)28(51)24(47)19(11-43)59-36/h16-39,43-56H,1,4-14H2,2-3H3/t16?,17-,18?,19?,20?,21?,22?,23?,24?,25?,26?,27?,28?,29?,30?,31?,32?,33?,34?,35?,36?,37?,38?,39?,41+,42-/m1/s1. The molecule has 7 rings (SSSR count). The van der Waals surface area contributed by atoms with Crippen LogP contribution in [0.2, 0.25) is 0 Å². The minimum Gasteiger partial charge on any atom is -0.432 e. The molecule has 0 aromatic carbocycles. The summed E-state index contributed by atoms with van der Waals surface area (Å²) in [6.07, 6.45) is -31.4. The Bertz CT molecular complexity index is 1620. The summed E-state index contributed by atoms with van der Waals surface area (Å²) in [6.45, 7) is 5.07. The Morgan fingerprint density at radius 2 is 1.05 bits per heavy atom. The molecule has 0 amide bonds. The maximum absolute atomic E-state index is 14.2. The lowest BCUT2D eigenvalue weighted by atomic mass is 9.44. The van der Waals surface area contributed by atoms with E-state index in [0.717, 1.165) is 0 Å². The Kier molecular flexibility index (Phi) is 16.1. The van der Waals surface area contributed by atoms with Crippen molar-refractivity contribution in [1.29, 1.82) is 0 Å². The van der Waals surface area contributed by atoms with Crippen LogP contribution in [0.3, 0.4) is 0 Å². The second-order valence-electron chi connectivity index (χ2n) is 19.4. The number of fused-ring (bicyclic) bond motifs is 3. The smallest absolute Gasteiger partial charge is 0.314 e. The summed E-state index contributed by atoms with van der Waals surface area (Å²) >= 11 is 0. The van der Waals surface area contributed by atoms with E-state index in [1.54, 1.807) is 6.92 Å². The minimum absolute atomic E-state index is 0.0927. The van der Waals surface area contributed by atoms with E-state index in [1.165, 1.54) is 0 Å². The monoisotopic (exact) mass is 940 g/mol. The Labute approximate surface area is 374 Å². The van der Waals surface area contributed by atoms with Gasteiger partial charge in [-0.25, -0.2) is 0 Å². The Morgan fingerprint density at radius 1 is 0.585 bits per heavy atom. The third-order valence-corrected chi connectivity index (χ3v) is 15.6. The van der Waals surface area contributed by atoms with Crippen LogP contribution in [0.5, 0.6) is 0 Å². The lowest BCUT2D eigenvalue weighted by Crippen LogP contribution is -2.67. The fraction of sp³-hybridized carbons (Fsp3) is 0.929. The largest absolute Gasteiger partial charge is 0.432 e. The highest BCUT2D eigenvalue weighted by Gasteiger charge is 2.62. The van der Waals surface area contributed by atoms with Gasteiger partial charge in [-0.05, 0) is 74.2 Å². The molecule has 0 aromatic heterocycles. The van der Waals surface area contributed by atoms with Crippen LogP contribution in [0.1, 0.15) is 58.8 Å². The van der Waals surface area contributed by atoms with Crippen LogP contribution in [-0.2, 0) is 42.7 Å².